The van der Waals surface area contributed by atoms with E-state index in [1.165, 1.54) is 0 Å². The zero-order valence-corrected chi connectivity index (χ0v) is 8.51. The van der Waals surface area contributed by atoms with Crippen LogP contribution in [0.4, 0.5) is 0 Å². The predicted octanol–water partition coefficient (Wildman–Crippen LogP) is -8.14. The van der Waals surface area contributed by atoms with Crippen LogP contribution in [-0.4, -0.2) is 9.05 Å². The van der Waals surface area contributed by atoms with Gasteiger partial charge in [0.05, 0.1) is 0 Å². The summed E-state index contributed by atoms with van der Waals surface area (Å²) in [7, 11) is -5.61. The van der Waals surface area contributed by atoms with Crippen LogP contribution >= 0.6 is 0 Å². The van der Waals surface area contributed by atoms with Crippen LogP contribution < -0.4 is 48.7 Å². The monoisotopic (exact) mass is 160 g/mol. The summed E-state index contributed by atoms with van der Waals surface area (Å²) < 4.78 is 0. The molecular weight excluding hydrogens is 160 g/mol. The van der Waals surface area contributed by atoms with Gasteiger partial charge in [-0.1, -0.05) is 0 Å². The fourth-order valence-corrected chi connectivity index (χ4v) is 0. The third kappa shape index (κ3) is 75.0. The molecule has 0 radical (unpaired) electrons. The van der Waals surface area contributed by atoms with E-state index >= 15 is 0 Å². The van der Waals surface area contributed by atoms with Gasteiger partial charge in [-0.2, -0.15) is 0 Å². The molecule has 0 saturated carbocycles. The minimum absolute atomic E-state index is 0. The van der Waals surface area contributed by atoms with E-state index in [9.17, 15) is 0 Å². The van der Waals surface area contributed by atoms with Crippen LogP contribution in [0.3, 0.4) is 0 Å². The first-order valence-corrected chi connectivity index (χ1v) is 2.45. The Morgan fingerprint density at radius 3 is 0.857 bits per heavy atom. The molecule has 0 aliphatic heterocycles. The Morgan fingerprint density at radius 2 is 0.857 bits per heavy atom. The largest absolute Gasteiger partial charge is 3.00 e. The fourth-order valence-electron chi connectivity index (χ4n) is 0. The first-order chi connectivity index (χ1) is 2.00. The molecule has 7 heteroatoms. The molecule has 0 atom stereocenters. The molecule has 0 rings (SSSR count). The predicted molar refractivity (Wildman–Crippen MR) is 5.75 cm³/mol. The Balaban J connectivity index is -0.0000000800. The van der Waals surface area contributed by atoms with Crippen LogP contribution in [0.1, 0.15) is 0 Å². The van der Waals surface area contributed by atoms with E-state index in [4.69, 9.17) is 19.2 Å². The molecule has 0 spiro atoms. The second-order valence-electron chi connectivity index (χ2n) is 0.500. The second-order valence-corrected chi connectivity index (χ2v) is 1.50. The molecular formula is NaO4ScSi. The van der Waals surface area contributed by atoms with Gasteiger partial charge in [0.2, 0.25) is 0 Å². The van der Waals surface area contributed by atoms with E-state index in [1.54, 1.807) is 0 Å². The van der Waals surface area contributed by atoms with E-state index in [1.807, 2.05) is 0 Å². The number of rotatable bonds is 0. The van der Waals surface area contributed by atoms with Gasteiger partial charge in [0.15, 0.2) is 0 Å². The molecule has 0 aliphatic rings. The Hall–Kier alpha value is 1.93. The first kappa shape index (κ1) is 16.0. The summed E-state index contributed by atoms with van der Waals surface area (Å²) in [5.74, 6) is 0. The maximum absolute atomic E-state index is 8.58. The van der Waals surface area contributed by atoms with Gasteiger partial charge in [-0.15, -0.1) is 0 Å². The molecule has 0 aromatic heterocycles. The summed E-state index contributed by atoms with van der Waals surface area (Å²) in [5, 5.41) is 0. The summed E-state index contributed by atoms with van der Waals surface area (Å²) in [4.78, 5) is 34.3. The van der Waals surface area contributed by atoms with E-state index in [-0.39, 0.29) is 55.4 Å². The number of hydrogen-bond acceptors (Lipinski definition) is 4. The average molecular weight is 160 g/mol. The van der Waals surface area contributed by atoms with Crippen molar-refractivity contribution in [2.45, 2.75) is 0 Å². The standard InChI is InChI=1S/Na.O4Si.Sc/c;1-5(2,3)4;/q+1;-4;+3. The summed E-state index contributed by atoms with van der Waals surface area (Å²) >= 11 is 0. The van der Waals surface area contributed by atoms with Crippen molar-refractivity contribution in [2.75, 3.05) is 0 Å². The SMILES string of the molecule is [Na+].[O-][Si]([O-])([O-])[O-].[Sc+3]. The smallest absolute Gasteiger partial charge is 0.894 e. The fraction of sp³-hybridized carbons (Fsp3) is 0. The van der Waals surface area contributed by atoms with Crippen molar-refractivity contribution >= 4 is 9.05 Å². The maximum Gasteiger partial charge on any atom is 3.00 e. The first-order valence-electron chi connectivity index (χ1n) is 0.816. The zero-order valence-electron chi connectivity index (χ0n) is 3.71. The molecule has 7 heavy (non-hydrogen) atoms. The second kappa shape index (κ2) is 6.05. The van der Waals surface area contributed by atoms with Crippen LogP contribution in [0.5, 0.6) is 0 Å². The van der Waals surface area contributed by atoms with Crippen molar-refractivity contribution in [1.29, 1.82) is 0 Å². The van der Waals surface area contributed by atoms with Crippen LogP contribution in [0.25, 0.3) is 0 Å². The number of hydrogen-bond donors (Lipinski definition) is 0. The van der Waals surface area contributed by atoms with Gasteiger partial charge in [0, 0.05) is 0 Å². The Morgan fingerprint density at radius 1 is 0.857 bits per heavy atom. The molecule has 0 heterocycles. The molecule has 0 N–H and O–H groups in total. The van der Waals surface area contributed by atoms with Crippen LogP contribution in [0, 0.1) is 0 Å². The van der Waals surface area contributed by atoms with Crippen molar-refractivity contribution in [3.05, 3.63) is 0 Å². The van der Waals surface area contributed by atoms with Crippen LogP contribution in [0.15, 0.2) is 0 Å². The third-order valence-electron chi connectivity index (χ3n) is 0. The molecule has 0 saturated heterocycles. The van der Waals surface area contributed by atoms with Crippen molar-refractivity contribution in [3.63, 3.8) is 0 Å². The molecule has 0 unspecified atom stereocenters. The van der Waals surface area contributed by atoms with Gasteiger partial charge in [0.1, 0.15) is 0 Å². The molecule has 32 valence electrons. The van der Waals surface area contributed by atoms with Gasteiger partial charge in [-0.05, 0) is 0 Å². The minimum atomic E-state index is -5.61. The maximum atomic E-state index is 8.58. The van der Waals surface area contributed by atoms with Crippen LogP contribution in [0.2, 0.25) is 0 Å². The Kier molecular flexibility index (Phi) is 13.8. The van der Waals surface area contributed by atoms with Crippen molar-refractivity contribution < 1.29 is 74.6 Å². The van der Waals surface area contributed by atoms with Crippen molar-refractivity contribution in [3.8, 4) is 0 Å². The molecule has 0 aromatic rings. The summed E-state index contributed by atoms with van der Waals surface area (Å²) in [6, 6.07) is 0. The molecule has 0 aliphatic carbocycles. The van der Waals surface area contributed by atoms with E-state index in [0.29, 0.717) is 0 Å². The molecule has 0 aromatic carbocycles. The van der Waals surface area contributed by atoms with Gasteiger partial charge < -0.3 is 28.2 Å². The summed E-state index contributed by atoms with van der Waals surface area (Å²) in [5.41, 5.74) is 0. The van der Waals surface area contributed by atoms with Gasteiger partial charge >= 0.3 is 55.4 Å². The summed E-state index contributed by atoms with van der Waals surface area (Å²) in [6.07, 6.45) is 0. The Bertz CT molecular complexity index is 27.2. The normalized spacial score (nSPS) is 8.57. The molecule has 0 bridgehead atoms. The quantitative estimate of drug-likeness (QED) is 0.329. The van der Waals surface area contributed by atoms with Crippen molar-refractivity contribution in [2.24, 2.45) is 0 Å². The average Bonchev–Trinajstić information content (AvgIpc) is 0.722. The molecule has 0 amide bonds. The van der Waals surface area contributed by atoms with E-state index < -0.39 is 9.05 Å². The topological polar surface area (TPSA) is 92.2 Å². The van der Waals surface area contributed by atoms with Gasteiger partial charge in [0.25, 0.3) is 0 Å². The van der Waals surface area contributed by atoms with Crippen LogP contribution in [-0.2, 0) is 25.8 Å². The van der Waals surface area contributed by atoms with Gasteiger partial charge in [-0.25, -0.2) is 0 Å². The third-order valence-corrected chi connectivity index (χ3v) is 0. The molecule has 4 nitrogen and oxygen atoms in total. The van der Waals surface area contributed by atoms with E-state index in [2.05, 4.69) is 0 Å². The molecule has 0 fully saturated rings. The Labute approximate surface area is 82.7 Å². The summed E-state index contributed by atoms with van der Waals surface area (Å²) in [6.45, 7) is 0. The minimum Gasteiger partial charge on any atom is -0.894 e. The van der Waals surface area contributed by atoms with Crippen molar-refractivity contribution in [1.82, 2.24) is 0 Å². The van der Waals surface area contributed by atoms with E-state index in [0.717, 1.165) is 0 Å². The zero-order chi connectivity index (χ0) is 4.50. The van der Waals surface area contributed by atoms with Gasteiger partial charge in [-0.3, -0.25) is 0 Å².